The van der Waals surface area contributed by atoms with Gasteiger partial charge in [-0.3, -0.25) is 0 Å². The Labute approximate surface area is 98.0 Å². The Hall–Kier alpha value is -1.23. The summed E-state index contributed by atoms with van der Waals surface area (Å²) in [5.41, 5.74) is 5.50. The van der Waals surface area contributed by atoms with E-state index in [1.807, 2.05) is 0 Å². The number of nitrogens with one attached hydrogen (secondary N) is 1. The van der Waals surface area contributed by atoms with Crippen molar-refractivity contribution in [3.05, 3.63) is 29.6 Å². The van der Waals surface area contributed by atoms with Gasteiger partial charge in [-0.15, -0.1) is 0 Å². The standard InChI is InChI=1S/C12H15F3N2/c13-7-5-10(14)12(11(15)6-7)17-9-3-1-8(16)2-4-9/h5-6,8-9,17H,1-4,16H2. The molecule has 1 fully saturated rings. The van der Waals surface area contributed by atoms with Gasteiger partial charge in [0.1, 0.15) is 11.5 Å². The number of halogens is 3. The first-order valence-electron chi connectivity index (χ1n) is 5.73. The molecule has 1 aromatic carbocycles. The molecule has 5 heteroatoms. The van der Waals surface area contributed by atoms with Crippen molar-refractivity contribution in [3.63, 3.8) is 0 Å². The first-order chi connectivity index (χ1) is 8.06. The molecule has 0 radical (unpaired) electrons. The Morgan fingerprint density at radius 1 is 1.00 bits per heavy atom. The van der Waals surface area contributed by atoms with Gasteiger partial charge in [0, 0.05) is 24.2 Å². The number of hydrogen-bond donors (Lipinski definition) is 2. The van der Waals surface area contributed by atoms with Crippen LogP contribution in [0.3, 0.4) is 0 Å². The fraction of sp³-hybridized carbons (Fsp3) is 0.500. The van der Waals surface area contributed by atoms with Crippen molar-refractivity contribution in [2.45, 2.75) is 37.8 Å². The van der Waals surface area contributed by atoms with E-state index in [4.69, 9.17) is 5.73 Å². The van der Waals surface area contributed by atoms with Gasteiger partial charge in [0.25, 0.3) is 0 Å². The van der Waals surface area contributed by atoms with E-state index in [1.54, 1.807) is 0 Å². The summed E-state index contributed by atoms with van der Waals surface area (Å²) in [6, 6.07) is 1.54. The molecule has 0 atom stereocenters. The maximum absolute atomic E-state index is 13.4. The molecule has 0 spiro atoms. The number of anilines is 1. The van der Waals surface area contributed by atoms with Crippen LogP contribution < -0.4 is 11.1 Å². The number of rotatable bonds is 2. The van der Waals surface area contributed by atoms with E-state index < -0.39 is 17.5 Å². The van der Waals surface area contributed by atoms with Gasteiger partial charge in [-0.25, -0.2) is 13.2 Å². The van der Waals surface area contributed by atoms with Crippen LogP contribution in [0.25, 0.3) is 0 Å². The summed E-state index contributed by atoms with van der Waals surface area (Å²) in [7, 11) is 0. The van der Waals surface area contributed by atoms with Gasteiger partial charge in [-0.1, -0.05) is 0 Å². The van der Waals surface area contributed by atoms with Crippen LogP contribution >= 0.6 is 0 Å². The maximum atomic E-state index is 13.4. The minimum atomic E-state index is -0.906. The molecule has 2 rings (SSSR count). The third-order valence-electron chi connectivity index (χ3n) is 3.13. The summed E-state index contributed by atoms with van der Waals surface area (Å²) < 4.78 is 39.5. The average Bonchev–Trinajstić information content (AvgIpc) is 2.26. The lowest BCUT2D eigenvalue weighted by atomic mass is 9.91. The van der Waals surface area contributed by atoms with Crippen LogP contribution in [0.5, 0.6) is 0 Å². The Morgan fingerprint density at radius 2 is 1.53 bits per heavy atom. The first-order valence-corrected chi connectivity index (χ1v) is 5.73. The van der Waals surface area contributed by atoms with E-state index in [2.05, 4.69) is 5.32 Å². The number of hydrogen-bond acceptors (Lipinski definition) is 2. The van der Waals surface area contributed by atoms with Crippen LogP contribution in [0.1, 0.15) is 25.7 Å². The molecule has 0 aromatic heterocycles. The van der Waals surface area contributed by atoms with E-state index in [0.29, 0.717) is 12.1 Å². The molecule has 94 valence electrons. The molecule has 0 saturated heterocycles. The van der Waals surface area contributed by atoms with E-state index in [9.17, 15) is 13.2 Å². The lowest BCUT2D eigenvalue weighted by molar-refractivity contribution is 0.408. The third-order valence-corrected chi connectivity index (χ3v) is 3.13. The molecule has 2 nitrogen and oxygen atoms in total. The Balaban J connectivity index is 2.08. The highest BCUT2D eigenvalue weighted by atomic mass is 19.1. The van der Waals surface area contributed by atoms with Gasteiger partial charge in [-0.05, 0) is 25.7 Å². The van der Waals surface area contributed by atoms with Crippen LogP contribution in [0.2, 0.25) is 0 Å². The second kappa shape index (κ2) is 4.96. The monoisotopic (exact) mass is 244 g/mol. The second-order valence-corrected chi connectivity index (χ2v) is 4.50. The van der Waals surface area contributed by atoms with Crippen molar-refractivity contribution in [3.8, 4) is 0 Å². The van der Waals surface area contributed by atoms with E-state index in [-0.39, 0.29) is 17.8 Å². The summed E-state index contributed by atoms with van der Waals surface area (Å²) in [4.78, 5) is 0. The molecule has 17 heavy (non-hydrogen) atoms. The molecule has 0 heterocycles. The molecular weight excluding hydrogens is 229 g/mol. The summed E-state index contributed by atoms with van der Waals surface area (Å²) in [5.74, 6) is -2.69. The number of benzene rings is 1. The average molecular weight is 244 g/mol. The van der Waals surface area contributed by atoms with Crippen molar-refractivity contribution in [1.29, 1.82) is 0 Å². The van der Waals surface area contributed by atoms with Gasteiger partial charge in [0.2, 0.25) is 0 Å². The highest BCUT2D eigenvalue weighted by Crippen LogP contribution is 2.25. The van der Waals surface area contributed by atoms with Gasteiger partial charge >= 0.3 is 0 Å². The molecule has 1 aliphatic rings. The predicted octanol–water partition coefficient (Wildman–Crippen LogP) is 2.79. The van der Waals surface area contributed by atoms with Crippen molar-refractivity contribution in [1.82, 2.24) is 0 Å². The zero-order chi connectivity index (χ0) is 12.4. The van der Waals surface area contributed by atoms with Crippen LogP contribution in [-0.2, 0) is 0 Å². The molecule has 0 amide bonds. The van der Waals surface area contributed by atoms with E-state index >= 15 is 0 Å². The van der Waals surface area contributed by atoms with E-state index in [1.165, 1.54) is 0 Å². The maximum Gasteiger partial charge on any atom is 0.152 e. The molecule has 1 aromatic rings. The van der Waals surface area contributed by atoms with Gasteiger partial charge in [0.05, 0.1) is 0 Å². The van der Waals surface area contributed by atoms with Crippen molar-refractivity contribution in [2.75, 3.05) is 5.32 Å². The molecular formula is C12H15F3N2. The first kappa shape index (κ1) is 12.2. The van der Waals surface area contributed by atoms with Crippen LogP contribution in [0, 0.1) is 17.5 Å². The highest BCUT2D eigenvalue weighted by molar-refractivity contribution is 5.47. The molecule has 1 aliphatic carbocycles. The highest BCUT2D eigenvalue weighted by Gasteiger charge is 2.21. The third kappa shape index (κ3) is 2.91. The van der Waals surface area contributed by atoms with Crippen molar-refractivity contribution in [2.24, 2.45) is 5.73 Å². The summed E-state index contributed by atoms with van der Waals surface area (Å²) in [6.07, 6.45) is 3.22. The Bertz CT molecular complexity index is 378. The summed E-state index contributed by atoms with van der Waals surface area (Å²) >= 11 is 0. The van der Waals surface area contributed by atoms with Crippen molar-refractivity contribution >= 4 is 5.69 Å². The van der Waals surface area contributed by atoms with E-state index in [0.717, 1.165) is 25.7 Å². The summed E-state index contributed by atoms with van der Waals surface area (Å²) in [5, 5.41) is 2.79. The van der Waals surface area contributed by atoms with Gasteiger partial charge < -0.3 is 11.1 Å². The Morgan fingerprint density at radius 3 is 2.06 bits per heavy atom. The molecule has 0 aliphatic heterocycles. The number of nitrogens with two attached hydrogens (primary N) is 1. The second-order valence-electron chi connectivity index (χ2n) is 4.50. The molecule has 0 unspecified atom stereocenters. The fourth-order valence-corrected chi connectivity index (χ4v) is 2.15. The molecule has 0 bridgehead atoms. The predicted molar refractivity (Wildman–Crippen MR) is 60.2 cm³/mol. The molecule has 1 saturated carbocycles. The minimum absolute atomic E-state index is 0.00395. The zero-order valence-electron chi connectivity index (χ0n) is 9.35. The largest absolute Gasteiger partial charge is 0.378 e. The van der Waals surface area contributed by atoms with Crippen LogP contribution in [-0.4, -0.2) is 12.1 Å². The fourth-order valence-electron chi connectivity index (χ4n) is 2.15. The van der Waals surface area contributed by atoms with Crippen LogP contribution in [0.15, 0.2) is 12.1 Å². The van der Waals surface area contributed by atoms with Gasteiger partial charge in [0.15, 0.2) is 11.6 Å². The normalized spacial score (nSPS) is 24.7. The summed E-state index contributed by atoms with van der Waals surface area (Å²) in [6.45, 7) is 0. The lowest BCUT2D eigenvalue weighted by Gasteiger charge is -2.27. The minimum Gasteiger partial charge on any atom is -0.378 e. The quantitative estimate of drug-likeness (QED) is 0.839. The van der Waals surface area contributed by atoms with Crippen LogP contribution in [0.4, 0.5) is 18.9 Å². The van der Waals surface area contributed by atoms with Crippen molar-refractivity contribution < 1.29 is 13.2 Å². The zero-order valence-corrected chi connectivity index (χ0v) is 9.35. The Kier molecular flexibility index (Phi) is 3.57. The van der Waals surface area contributed by atoms with Gasteiger partial charge in [-0.2, -0.15) is 0 Å². The topological polar surface area (TPSA) is 38.0 Å². The lowest BCUT2D eigenvalue weighted by Crippen LogP contribution is -2.33. The smallest absolute Gasteiger partial charge is 0.152 e. The SMILES string of the molecule is NC1CCC(Nc2c(F)cc(F)cc2F)CC1. The molecule has 3 N–H and O–H groups in total.